The summed E-state index contributed by atoms with van der Waals surface area (Å²) in [5.41, 5.74) is 2.37. The number of hydrogen-bond donors (Lipinski definition) is 1. The van der Waals surface area contributed by atoms with Gasteiger partial charge in [-0.05, 0) is 11.6 Å². The second-order valence-corrected chi connectivity index (χ2v) is 5.90. The number of esters is 1. The zero-order valence-electron chi connectivity index (χ0n) is 12.8. The number of ether oxygens (including phenoxy) is 2. The molecule has 0 amide bonds. The molecule has 0 saturated heterocycles. The van der Waals surface area contributed by atoms with Gasteiger partial charge >= 0.3 is 5.97 Å². The second kappa shape index (κ2) is 6.66. The van der Waals surface area contributed by atoms with Gasteiger partial charge in [-0.3, -0.25) is 0 Å². The standard InChI is InChI=1S/C17H16N2O3S/c1-21-14-9-13-15(8-12(14)16(20)22-2)23-17(19-13)18-10-11-6-4-3-5-7-11/h3-9H,10H2,1-2H3,(H,18,19). The largest absolute Gasteiger partial charge is 0.496 e. The van der Waals surface area contributed by atoms with Gasteiger partial charge in [-0.25, -0.2) is 9.78 Å². The Morgan fingerprint density at radius 2 is 2.00 bits per heavy atom. The predicted octanol–water partition coefficient (Wildman–Crippen LogP) is 3.70. The smallest absolute Gasteiger partial charge is 0.341 e. The number of hydrogen-bond acceptors (Lipinski definition) is 6. The molecule has 0 aliphatic rings. The Kier molecular flexibility index (Phi) is 4.43. The fraction of sp³-hybridized carbons (Fsp3) is 0.176. The average Bonchev–Trinajstić information content (AvgIpc) is 3.00. The van der Waals surface area contributed by atoms with Crippen molar-refractivity contribution in [3.63, 3.8) is 0 Å². The molecule has 1 heterocycles. The third-order valence-electron chi connectivity index (χ3n) is 3.40. The molecular weight excluding hydrogens is 312 g/mol. The van der Waals surface area contributed by atoms with Crippen LogP contribution in [0.4, 0.5) is 5.13 Å². The molecule has 3 rings (SSSR count). The zero-order valence-corrected chi connectivity index (χ0v) is 13.6. The lowest BCUT2D eigenvalue weighted by molar-refractivity contribution is 0.0597. The molecule has 6 heteroatoms. The number of aromatic nitrogens is 1. The van der Waals surface area contributed by atoms with Gasteiger partial charge in [0.2, 0.25) is 0 Å². The number of benzene rings is 2. The van der Waals surface area contributed by atoms with Crippen molar-refractivity contribution in [2.45, 2.75) is 6.54 Å². The number of thiazole rings is 1. The topological polar surface area (TPSA) is 60.5 Å². The first kappa shape index (κ1) is 15.3. The maximum absolute atomic E-state index is 11.8. The van der Waals surface area contributed by atoms with Crippen LogP contribution >= 0.6 is 11.3 Å². The highest BCUT2D eigenvalue weighted by atomic mass is 32.1. The number of carbonyl (C=O) groups is 1. The van der Waals surface area contributed by atoms with E-state index < -0.39 is 5.97 Å². The summed E-state index contributed by atoms with van der Waals surface area (Å²) >= 11 is 1.49. The molecule has 0 aliphatic carbocycles. The lowest BCUT2D eigenvalue weighted by Crippen LogP contribution is -2.03. The lowest BCUT2D eigenvalue weighted by Gasteiger charge is -2.05. The number of fused-ring (bicyclic) bond motifs is 1. The van der Waals surface area contributed by atoms with Crippen LogP contribution in [0, 0.1) is 0 Å². The Balaban J connectivity index is 1.88. The third kappa shape index (κ3) is 3.27. The summed E-state index contributed by atoms with van der Waals surface area (Å²) in [5.74, 6) is 0.0419. The second-order valence-electron chi connectivity index (χ2n) is 4.87. The van der Waals surface area contributed by atoms with E-state index in [1.807, 2.05) is 18.2 Å². The van der Waals surface area contributed by atoms with Crippen molar-refractivity contribution >= 4 is 32.7 Å². The van der Waals surface area contributed by atoms with Crippen LogP contribution in [0.1, 0.15) is 15.9 Å². The molecule has 2 aromatic carbocycles. The van der Waals surface area contributed by atoms with Gasteiger partial charge in [-0.15, -0.1) is 0 Å². The Bertz CT molecular complexity index is 830. The SMILES string of the molecule is COC(=O)c1cc2sc(NCc3ccccc3)nc2cc1OC. The summed E-state index contributed by atoms with van der Waals surface area (Å²) in [5, 5.41) is 4.10. The highest BCUT2D eigenvalue weighted by Gasteiger charge is 2.16. The van der Waals surface area contributed by atoms with Crippen LogP contribution in [0.25, 0.3) is 10.2 Å². The molecule has 0 fully saturated rings. The highest BCUT2D eigenvalue weighted by Crippen LogP contribution is 2.32. The lowest BCUT2D eigenvalue weighted by atomic mass is 10.2. The molecule has 0 atom stereocenters. The van der Waals surface area contributed by atoms with E-state index in [0.717, 1.165) is 15.3 Å². The van der Waals surface area contributed by atoms with Crippen LogP contribution in [0.5, 0.6) is 5.75 Å². The normalized spacial score (nSPS) is 10.5. The summed E-state index contributed by atoms with van der Waals surface area (Å²) in [4.78, 5) is 16.4. The van der Waals surface area contributed by atoms with Crippen LogP contribution in [0.3, 0.4) is 0 Å². The monoisotopic (exact) mass is 328 g/mol. The van der Waals surface area contributed by atoms with Crippen LogP contribution in [0.15, 0.2) is 42.5 Å². The van der Waals surface area contributed by atoms with E-state index in [0.29, 0.717) is 17.9 Å². The first-order valence-corrected chi connectivity index (χ1v) is 7.87. The Labute approximate surface area is 137 Å². The molecule has 0 radical (unpaired) electrons. The molecule has 1 N–H and O–H groups in total. The van der Waals surface area contributed by atoms with E-state index in [1.165, 1.54) is 31.1 Å². The zero-order chi connectivity index (χ0) is 16.2. The summed E-state index contributed by atoms with van der Waals surface area (Å²) in [7, 11) is 2.88. The van der Waals surface area contributed by atoms with E-state index >= 15 is 0 Å². The van der Waals surface area contributed by atoms with Crippen LogP contribution in [0.2, 0.25) is 0 Å². The number of methoxy groups -OCH3 is 2. The number of anilines is 1. The maximum atomic E-state index is 11.8. The van der Waals surface area contributed by atoms with Crippen molar-refractivity contribution in [1.82, 2.24) is 4.98 Å². The van der Waals surface area contributed by atoms with Gasteiger partial charge < -0.3 is 14.8 Å². The first-order valence-electron chi connectivity index (χ1n) is 7.06. The first-order chi connectivity index (χ1) is 11.2. The highest BCUT2D eigenvalue weighted by molar-refractivity contribution is 7.22. The Morgan fingerprint density at radius 1 is 1.22 bits per heavy atom. The molecule has 0 bridgehead atoms. The van der Waals surface area contributed by atoms with Gasteiger partial charge in [0, 0.05) is 12.6 Å². The molecule has 0 aliphatic heterocycles. The minimum Gasteiger partial charge on any atom is -0.496 e. The molecule has 0 saturated carbocycles. The van der Waals surface area contributed by atoms with Gasteiger partial charge in [0.15, 0.2) is 5.13 Å². The molecule has 0 unspecified atom stereocenters. The minimum absolute atomic E-state index is 0.403. The fourth-order valence-electron chi connectivity index (χ4n) is 2.24. The van der Waals surface area contributed by atoms with Crippen LogP contribution in [-0.2, 0) is 11.3 Å². The predicted molar refractivity (Wildman–Crippen MR) is 91.3 cm³/mol. The van der Waals surface area contributed by atoms with Gasteiger partial charge in [0.25, 0.3) is 0 Å². The molecular formula is C17H16N2O3S. The van der Waals surface area contributed by atoms with Crippen molar-refractivity contribution in [3.05, 3.63) is 53.6 Å². The quantitative estimate of drug-likeness (QED) is 0.724. The van der Waals surface area contributed by atoms with Crippen molar-refractivity contribution in [2.24, 2.45) is 0 Å². The summed E-state index contributed by atoms with van der Waals surface area (Å²) in [6.07, 6.45) is 0. The number of carbonyl (C=O) groups excluding carboxylic acids is 1. The van der Waals surface area contributed by atoms with Crippen LogP contribution < -0.4 is 10.1 Å². The average molecular weight is 328 g/mol. The number of rotatable bonds is 5. The van der Waals surface area contributed by atoms with E-state index in [4.69, 9.17) is 9.47 Å². The fourth-order valence-corrected chi connectivity index (χ4v) is 3.12. The Morgan fingerprint density at radius 3 is 2.70 bits per heavy atom. The van der Waals surface area contributed by atoms with Crippen LogP contribution in [-0.4, -0.2) is 25.2 Å². The van der Waals surface area contributed by atoms with Crippen molar-refractivity contribution in [1.29, 1.82) is 0 Å². The van der Waals surface area contributed by atoms with Gasteiger partial charge in [-0.2, -0.15) is 0 Å². The van der Waals surface area contributed by atoms with Gasteiger partial charge in [0.1, 0.15) is 11.3 Å². The third-order valence-corrected chi connectivity index (χ3v) is 4.38. The maximum Gasteiger partial charge on any atom is 0.341 e. The summed E-state index contributed by atoms with van der Waals surface area (Å²) in [6.45, 7) is 0.696. The van der Waals surface area contributed by atoms with Crippen molar-refractivity contribution in [2.75, 3.05) is 19.5 Å². The molecule has 5 nitrogen and oxygen atoms in total. The Hall–Kier alpha value is -2.60. The van der Waals surface area contributed by atoms with Crippen molar-refractivity contribution < 1.29 is 14.3 Å². The molecule has 23 heavy (non-hydrogen) atoms. The van der Waals surface area contributed by atoms with E-state index in [9.17, 15) is 4.79 Å². The van der Waals surface area contributed by atoms with Gasteiger partial charge in [0.05, 0.1) is 24.4 Å². The van der Waals surface area contributed by atoms with E-state index in [-0.39, 0.29) is 0 Å². The summed E-state index contributed by atoms with van der Waals surface area (Å²) < 4.78 is 11.0. The molecule has 3 aromatic rings. The van der Waals surface area contributed by atoms with E-state index in [1.54, 1.807) is 12.1 Å². The molecule has 118 valence electrons. The van der Waals surface area contributed by atoms with Gasteiger partial charge in [-0.1, -0.05) is 41.7 Å². The minimum atomic E-state index is -0.420. The summed E-state index contributed by atoms with van der Waals surface area (Å²) in [6, 6.07) is 13.6. The molecule has 1 aromatic heterocycles. The molecule has 0 spiro atoms. The van der Waals surface area contributed by atoms with E-state index in [2.05, 4.69) is 22.4 Å². The van der Waals surface area contributed by atoms with Crippen molar-refractivity contribution in [3.8, 4) is 5.75 Å². The number of nitrogens with zero attached hydrogens (tertiary/aromatic N) is 1. The number of nitrogens with one attached hydrogen (secondary N) is 1.